The molecule has 0 unspecified atom stereocenters. The van der Waals surface area contributed by atoms with Crippen LogP contribution >= 0.6 is 23.4 Å². The molecule has 110 valence electrons. The fourth-order valence-electron chi connectivity index (χ4n) is 1.70. The monoisotopic (exact) mass is 321 g/mol. The van der Waals surface area contributed by atoms with E-state index < -0.39 is 0 Å². The summed E-state index contributed by atoms with van der Waals surface area (Å²) in [4.78, 5) is 17.2. The molecule has 5 heteroatoms. The molecular weight excluding hydrogens is 306 g/mol. The van der Waals surface area contributed by atoms with Gasteiger partial charge >= 0.3 is 0 Å². The fraction of sp³-hybridized carbons (Fsp3) is 0.250. The highest BCUT2D eigenvalue weighted by molar-refractivity contribution is 8.00. The highest BCUT2D eigenvalue weighted by atomic mass is 35.5. The van der Waals surface area contributed by atoms with Gasteiger partial charge in [0, 0.05) is 16.7 Å². The van der Waals surface area contributed by atoms with Crippen LogP contribution in [0.5, 0.6) is 5.75 Å². The Bertz CT molecular complexity index is 631. The molecule has 0 aliphatic rings. The Labute approximate surface area is 133 Å². The molecule has 0 atom stereocenters. The molecule has 3 nitrogen and oxygen atoms in total. The molecule has 0 saturated heterocycles. The molecule has 0 aliphatic heterocycles. The van der Waals surface area contributed by atoms with Crippen molar-refractivity contribution < 1.29 is 9.53 Å². The summed E-state index contributed by atoms with van der Waals surface area (Å²) in [6.45, 7) is 3.86. The van der Waals surface area contributed by atoms with Gasteiger partial charge in [0.2, 0.25) is 0 Å². The molecular formula is C16H16ClNO2S. The van der Waals surface area contributed by atoms with Crippen LogP contribution < -0.4 is 4.74 Å². The minimum absolute atomic E-state index is 0.00151. The Kier molecular flexibility index (Phi) is 5.65. The molecule has 0 saturated carbocycles. The second kappa shape index (κ2) is 7.48. The summed E-state index contributed by atoms with van der Waals surface area (Å²) in [5.41, 5.74) is 0.549. The van der Waals surface area contributed by atoms with Crippen molar-refractivity contribution in [2.24, 2.45) is 0 Å². The summed E-state index contributed by atoms with van der Waals surface area (Å²) in [7, 11) is 0. The second-order valence-electron chi connectivity index (χ2n) is 4.72. The number of hydrogen-bond donors (Lipinski definition) is 0. The number of carbonyl (C=O) groups excluding carboxylic acids is 1. The second-order valence-corrected chi connectivity index (χ2v) is 6.14. The predicted molar refractivity (Wildman–Crippen MR) is 86.5 cm³/mol. The summed E-state index contributed by atoms with van der Waals surface area (Å²) in [6, 6.07) is 9.20. The van der Waals surface area contributed by atoms with E-state index in [1.807, 2.05) is 38.1 Å². The minimum Gasteiger partial charge on any atom is -0.489 e. The van der Waals surface area contributed by atoms with Gasteiger partial charge in [-0.1, -0.05) is 23.7 Å². The first-order chi connectivity index (χ1) is 10.1. The summed E-state index contributed by atoms with van der Waals surface area (Å²) >= 11 is 7.49. The average Bonchev–Trinajstić information content (AvgIpc) is 2.45. The van der Waals surface area contributed by atoms with Gasteiger partial charge in [0.25, 0.3) is 0 Å². The van der Waals surface area contributed by atoms with Crippen molar-refractivity contribution in [3.05, 3.63) is 53.3 Å². The van der Waals surface area contributed by atoms with Crippen LogP contribution in [0, 0.1) is 0 Å². The molecule has 21 heavy (non-hydrogen) atoms. The van der Waals surface area contributed by atoms with E-state index in [9.17, 15) is 4.79 Å². The van der Waals surface area contributed by atoms with Gasteiger partial charge in [0.05, 0.1) is 23.1 Å². The zero-order valence-electron chi connectivity index (χ0n) is 11.9. The Morgan fingerprint density at radius 1 is 1.33 bits per heavy atom. The largest absolute Gasteiger partial charge is 0.489 e. The average molecular weight is 322 g/mol. The lowest BCUT2D eigenvalue weighted by Crippen LogP contribution is -2.08. The lowest BCUT2D eigenvalue weighted by atomic mass is 10.2. The number of thioether (sulfide) groups is 1. The van der Waals surface area contributed by atoms with Gasteiger partial charge in [-0.15, -0.1) is 11.8 Å². The summed E-state index contributed by atoms with van der Waals surface area (Å²) in [5.74, 6) is 0.927. The van der Waals surface area contributed by atoms with Crippen LogP contribution in [0.4, 0.5) is 0 Å². The van der Waals surface area contributed by atoms with E-state index in [2.05, 4.69) is 4.98 Å². The number of carbonyl (C=O) groups is 1. The van der Waals surface area contributed by atoms with Gasteiger partial charge in [-0.3, -0.25) is 9.78 Å². The number of ketones is 1. The van der Waals surface area contributed by atoms with Crippen LogP contribution in [0.15, 0.2) is 47.6 Å². The van der Waals surface area contributed by atoms with Crippen molar-refractivity contribution in [2.75, 3.05) is 5.75 Å². The van der Waals surface area contributed by atoms with Crippen molar-refractivity contribution in [1.29, 1.82) is 0 Å². The smallest absolute Gasteiger partial charge is 0.174 e. The van der Waals surface area contributed by atoms with Crippen LogP contribution in [0.1, 0.15) is 24.2 Å². The van der Waals surface area contributed by atoms with Crippen molar-refractivity contribution in [1.82, 2.24) is 4.98 Å². The number of nitrogens with zero attached hydrogens (tertiary/aromatic N) is 1. The third kappa shape index (κ3) is 4.76. The van der Waals surface area contributed by atoms with Gasteiger partial charge in [-0.2, -0.15) is 0 Å². The first-order valence-electron chi connectivity index (χ1n) is 6.58. The van der Waals surface area contributed by atoms with Gasteiger partial charge in [-0.05, 0) is 32.0 Å². The summed E-state index contributed by atoms with van der Waals surface area (Å²) in [5, 5.41) is 0.658. The molecule has 1 heterocycles. The lowest BCUT2D eigenvalue weighted by Gasteiger charge is -2.10. The number of aromatic nitrogens is 1. The molecule has 1 aromatic carbocycles. The van der Waals surface area contributed by atoms with Gasteiger partial charge in [0.1, 0.15) is 5.75 Å². The third-order valence-electron chi connectivity index (χ3n) is 2.60. The standard InChI is InChI=1S/C16H16ClNO2S/c1-11(2)20-13-7-12(8-18-9-13)15(19)10-21-16-6-4-3-5-14(16)17/h3-9,11H,10H2,1-2H3. The molecule has 0 aliphatic carbocycles. The van der Waals surface area contributed by atoms with Crippen LogP contribution in [0.2, 0.25) is 5.02 Å². The highest BCUT2D eigenvalue weighted by Crippen LogP contribution is 2.27. The zero-order chi connectivity index (χ0) is 15.2. The maximum absolute atomic E-state index is 12.2. The van der Waals surface area contributed by atoms with Gasteiger partial charge in [0.15, 0.2) is 5.78 Å². The van der Waals surface area contributed by atoms with Crippen molar-refractivity contribution in [2.45, 2.75) is 24.8 Å². The minimum atomic E-state index is 0.00151. The highest BCUT2D eigenvalue weighted by Gasteiger charge is 2.10. The van der Waals surface area contributed by atoms with Crippen LogP contribution in [0.25, 0.3) is 0 Å². The zero-order valence-corrected chi connectivity index (χ0v) is 13.4. The van der Waals surface area contributed by atoms with Crippen LogP contribution in [0.3, 0.4) is 0 Å². The molecule has 0 N–H and O–H groups in total. The third-order valence-corrected chi connectivity index (χ3v) is 4.12. The number of rotatable bonds is 6. The molecule has 0 spiro atoms. The first-order valence-corrected chi connectivity index (χ1v) is 7.95. The molecule has 0 radical (unpaired) electrons. The first kappa shape index (κ1) is 15.9. The number of halogens is 1. The number of ether oxygens (including phenoxy) is 1. The fourth-order valence-corrected chi connectivity index (χ4v) is 2.83. The summed E-state index contributed by atoms with van der Waals surface area (Å²) in [6.07, 6.45) is 3.22. The molecule has 0 fully saturated rings. The number of pyridine rings is 1. The van der Waals surface area contributed by atoms with E-state index >= 15 is 0 Å². The molecule has 0 amide bonds. The molecule has 1 aromatic heterocycles. The van der Waals surface area contributed by atoms with E-state index in [4.69, 9.17) is 16.3 Å². The van der Waals surface area contributed by atoms with Gasteiger partial charge < -0.3 is 4.74 Å². The SMILES string of the molecule is CC(C)Oc1cncc(C(=O)CSc2ccccc2Cl)c1. The van der Waals surface area contributed by atoms with E-state index in [0.717, 1.165) is 4.90 Å². The van der Waals surface area contributed by atoms with E-state index in [1.165, 1.54) is 11.8 Å². The molecule has 2 rings (SSSR count). The number of hydrogen-bond acceptors (Lipinski definition) is 4. The van der Waals surface area contributed by atoms with Crippen molar-refractivity contribution in [3.8, 4) is 5.75 Å². The number of Topliss-reactive ketones (excluding diaryl/α,β-unsaturated/α-hetero) is 1. The van der Waals surface area contributed by atoms with E-state index in [1.54, 1.807) is 18.5 Å². The number of benzene rings is 1. The Balaban J connectivity index is 2.02. The van der Waals surface area contributed by atoms with Crippen LogP contribution in [-0.2, 0) is 0 Å². The Morgan fingerprint density at radius 2 is 2.10 bits per heavy atom. The van der Waals surface area contributed by atoms with Crippen LogP contribution in [-0.4, -0.2) is 22.6 Å². The predicted octanol–water partition coefficient (Wildman–Crippen LogP) is 4.50. The maximum atomic E-state index is 12.2. The Hall–Kier alpha value is -1.52. The topological polar surface area (TPSA) is 39.2 Å². The Morgan fingerprint density at radius 3 is 2.81 bits per heavy atom. The lowest BCUT2D eigenvalue weighted by molar-refractivity contribution is 0.102. The van der Waals surface area contributed by atoms with E-state index in [-0.39, 0.29) is 11.9 Å². The van der Waals surface area contributed by atoms with E-state index in [0.29, 0.717) is 22.1 Å². The van der Waals surface area contributed by atoms with Crippen molar-refractivity contribution in [3.63, 3.8) is 0 Å². The molecule has 0 bridgehead atoms. The maximum Gasteiger partial charge on any atom is 0.174 e. The summed E-state index contributed by atoms with van der Waals surface area (Å²) < 4.78 is 5.54. The van der Waals surface area contributed by atoms with Gasteiger partial charge in [-0.25, -0.2) is 0 Å². The van der Waals surface area contributed by atoms with Crippen molar-refractivity contribution >= 4 is 29.1 Å². The normalized spacial score (nSPS) is 10.7. The quantitative estimate of drug-likeness (QED) is 0.580. The molecule has 2 aromatic rings.